The summed E-state index contributed by atoms with van der Waals surface area (Å²) < 4.78 is 10.5. The van der Waals surface area contributed by atoms with Crippen LogP contribution in [0.15, 0.2) is 36.4 Å². The van der Waals surface area contributed by atoms with Crippen molar-refractivity contribution in [1.29, 1.82) is 0 Å². The molecule has 4 rings (SSSR count). The molecule has 1 fully saturated rings. The second-order valence-electron chi connectivity index (χ2n) is 8.16. The first-order valence-electron chi connectivity index (χ1n) is 10.7. The highest BCUT2D eigenvalue weighted by Crippen LogP contribution is 2.25. The molecule has 2 heterocycles. The summed E-state index contributed by atoms with van der Waals surface area (Å²) in [5.74, 6) is 1.18. The summed E-state index contributed by atoms with van der Waals surface area (Å²) in [5.41, 5.74) is 3.89. The third-order valence-corrected chi connectivity index (χ3v) is 6.01. The fourth-order valence-electron chi connectivity index (χ4n) is 4.22. The number of benzene rings is 2. The number of ether oxygens (including phenoxy) is 2. The van der Waals surface area contributed by atoms with Gasteiger partial charge in [-0.2, -0.15) is 0 Å². The molecule has 1 saturated heterocycles. The number of carbonyl (C=O) groups excluding carboxylic acids is 2. The van der Waals surface area contributed by atoms with E-state index in [0.717, 1.165) is 44.6 Å². The summed E-state index contributed by atoms with van der Waals surface area (Å²) in [6.07, 6.45) is 3.17. The first-order chi connectivity index (χ1) is 15.0. The van der Waals surface area contributed by atoms with E-state index in [9.17, 15) is 9.59 Å². The highest BCUT2D eigenvalue weighted by Gasteiger charge is 2.22. The molecule has 0 radical (unpaired) electrons. The van der Waals surface area contributed by atoms with Gasteiger partial charge in [0.25, 0.3) is 5.91 Å². The maximum absolute atomic E-state index is 12.7. The molecule has 0 atom stereocenters. The van der Waals surface area contributed by atoms with Crippen molar-refractivity contribution in [2.45, 2.75) is 38.3 Å². The normalized spacial score (nSPS) is 16.9. The molecule has 7 heteroatoms. The Balaban J connectivity index is 1.31. The van der Waals surface area contributed by atoms with E-state index < -0.39 is 0 Å². The number of hydrogen-bond donors (Lipinski definition) is 2. The number of likely N-dealkylation sites (tertiary alicyclic amines) is 1. The Morgan fingerprint density at radius 3 is 2.45 bits per heavy atom. The van der Waals surface area contributed by atoms with E-state index in [1.165, 1.54) is 11.1 Å². The number of piperidine rings is 1. The molecule has 0 spiro atoms. The molecule has 2 N–H and O–H groups in total. The molecule has 0 aromatic heterocycles. The zero-order valence-corrected chi connectivity index (χ0v) is 18.1. The lowest BCUT2D eigenvalue weighted by Crippen LogP contribution is -2.44. The van der Waals surface area contributed by atoms with E-state index in [0.29, 0.717) is 23.5 Å². The third kappa shape index (κ3) is 5.17. The van der Waals surface area contributed by atoms with Gasteiger partial charge in [-0.25, -0.2) is 0 Å². The summed E-state index contributed by atoms with van der Waals surface area (Å²) in [4.78, 5) is 26.8. The number of fused-ring (bicyclic) bond motifs is 1. The van der Waals surface area contributed by atoms with Crippen LogP contribution in [0.25, 0.3) is 0 Å². The van der Waals surface area contributed by atoms with Crippen LogP contribution < -0.4 is 20.1 Å². The minimum Gasteiger partial charge on any atom is -0.497 e. The number of carbonyl (C=O) groups is 2. The molecule has 0 aliphatic carbocycles. The minimum atomic E-state index is -0.110. The molecule has 2 aliphatic rings. The zero-order valence-electron chi connectivity index (χ0n) is 18.1. The van der Waals surface area contributed by atoms with Crippen molar-refractivity contribution in [3.63, 3.8) is 0 Å². The second-order valence-corrected chi connectivity index (χ2v) is 8.16. The van der Waals surface area contributed by atoms with Gasteiger partial charge in [-0.1, -0.05) is 12.1 Å². The second kappa shape index (κ2) is 9.39. The smallest absolute Gasteiger partial charge is 0.251 e. The fourth-order valence-corrected chi connectivity index (χ4v) is 4.22. The number of aryl methyl sites for hydroxylation is 1. The van der Waals surface area contributed by atoms with E-state index in [2.05, 4.69) is 33.7 Å². The Hall–Kier alpha value is -3.06. The Morgan fingerprint density at radius 2 is 1.77 bits per heavy atom. The predicted molar refractivity (Wildman–Crippen MR) is 119 cm³/mol. The highest BCUT2D eigenvalue weighted by atomic mass is 16.5. The van der Waals surface area contributed by atoms with Crippen LogP contribution in [-0.4, -0.2) is 50.1 Å². The number of anilines is 1. The quantitative estimate of drug-likeness (QED) is 0.747. The van der Waals surface area contributed by atoms with Crippen LogP contribution in [0.4, 0.5) is 5.69 Å². The van der Waals surface area contributed by atoms with E-state index in [4.69, 9.17) is 9.47 Å². The first kappa shape index (κ1) is 21.2. The molecule has 2 amide bonds. The van der Waals surface area contributed by atoms with Crippen LogP contribution in [0, 0.1) is 0 Å². The van der Waals surface area contributed by atoms with Gasteiger partial charge in [0.2, 0.25) is 5.91 Å². The van der Waals surface area contributed by atoms with Gasteiger partial charge in [0.1, 0.15) is 11.5 Å². The average molecular weight is 424 g/mol. The Labute approximate surface area is 182 Å². The molecule has 7 nitrogen and oxygen atoms in total. The van der Waals surface area contributed by atoms with Gasteiger partial charge in [0.15, 0.2) is 0 Å². The van der Waals surface area contributed by atoms with Gasteiger partial charge >= 0.3 is 0 Å². The minimum absolute atomic E-state index is 0.0925. The summed E-state index contributed by atoms with van der Waals surface area (Å²) in [5, 5.41) is 6.12. The third-order valence-electron chi connectivity index (χ3n) is 6.01. The zero-order chi connectivity index (χ0) is 21.8. The fraction of sp³-hybridized carbons (Fsp3) is 0.417. The van der Waals surface area contributed by atoms with Crippen LogP contribution in [-0.2, 0) is 17.8 Å². The summed E-state index contributed by atoms with van der Waals surface area (Å²) in [6.45, 7) is 2.67. The summed E-state index contributed by atoms with van der Waals surface area (Å²) >= 11 is 0. The van der Waals surface area contributed by atoms with Gasteiger partial charge in [0.05, 0.1) is 14.2 Å². The Bertz CT molecular complexity index is 945. The molecule has 0 unspecified atom stereocenters. The molecule has 0 saturated carbocycles. The number of amides is 2. The maximum Gasteiger partial charge on any atom is 0.251 e. The molecular weight excluding hydrogens is 394 g/mol. The van der Waals surface area contributed by atoms with Crippen LogP contribution >= 0.6 is 0 Å². The van der Waals surface area contributed by atoms with Crippen molar-refractivity contribution in [2.24, 2.45) is 0 Å². The average Bonchev–Trinajstić information content (AvgIpc) is 2.79. The lowest BCUT2D eigenvalue weighted by Gasteiger charge is -2.32. The molecular formula is C24H29N3O4. The number of nitrogens with zero attached hydrogens (tertiary/aromatic N) is 1. The van der Waals surface area contributed by atoms with Gasteiger partial charge < -0.3 is 20.1 Å². The van der Waals surface area contributed by atoms with Crippen molar-refractivity contribution >= 4 is 17.5 Å². The Morgan fingerprint density at radius 1 is 1.06 bits per heavy atom. The summed E-state index contributed by atoms with van der Waals surface area (Å²) in [7, 11) is 3.14. The number of nitrogens with one attached hydrogen (secondary N) is 2. The Kier molecular flexibility index (Phi) is 6.42. The topological polar surface area (TPSA) is 79.9 Å². The molecule has 0 bridgehead atoms. The lowest BCUT2D eigenvalue weighted by molar-refractivity contribution is -0.116. The predicted octanol–water partition coefficient (Wildman–Crippen LogP) is 2.98. The van der Waals surface area contributed by atoms with Crippen LogP contribution in [0.2, 0.25) is 0 Å². The van der Waals surface area contributed by atoms with Crippen molar-refractivity contribution in [3.8, 4) is 11.5 Å². The molecule has 31 heavy (non-hydrogen) atoms. The van der Waals surface area contributed by atoms with Crippen LogP contribution in [0.3, 0.4) is 0 Å². The van der Waals surface area contributed by atoms with Gasteiger partial charge in [-0.05, 0) is 48.6 Å². The van der Waals surface area contributed by atoms with E-state index >= 15 is 0 Å². The number of hydrogen-bond acceptors (Lipinski definition) is 5. The largest absolute Gasteiger partial charge is 0.497 e. The molecule has 2 aliphatic heterocycles. The maximum atomic E-state index is 12.7. The molecule has 2 aromatic rings. The molecule has 2 aromatic carbocycles. The van der Waals surface area contributed by atoms with Crippen LogP contribution in [0.5, 0.6) is 11.5 Å². The SMILES string of the molecule is COc1cc(OC)cc(C(=O)NC2CCN(Cc3ccc4c(c3)NC(=O)CC4)CC2)c1. The first-order valence-corrected chi connectivity index (χ1v) is 10.7. The van der Waals surface area contributed by atoms with Gasteiger partial charge in [-0.3, -0.25) is 14.5 Å². The van der Waals surface area contributed by atoms with Crippen molar-refractivity contribution in [3.05, 3.63) is 53.1 Å². The molecule has 164 valence electrons. The van der Waals surface area contributed by atoms with E-state index in [1.807, 2.05) is 0 Å². The van der Waals surface area contributed by atoms with Crippen molar-refractivity contribution in [2.75, 3.05) is 32.6 Å². The van der Waals surface area contributed by atoms with Crippen LogP contribution in [0.1, 0.15) is 40.7 Å². The summed E-state index contributed by atoms with van der Waals surface area (Å²) in [6, 6.07) is 11.7. The number of methoxy groups -OCH3 is 2. The van der Waals surface area contributed by atoms with E-state index in [1.54, 1.807) is 32.4 Å². The highest BCUT2D eigenvalue weighted by molar-refractivity contribution is 5.95. The van der Waals surface area contributed by atoms with Crippen molar-refractivity contribution in [1.82, 2.24) is 10.2 Å². The van der Waals surface area contributed by atoms with Crippen molar-refractivity contribution < 1.29 is 19.1 Å². The monoisotopic (exact) mass is 423 g/mol. The lowest BCUT2D eigenvalue weighted by atomic mass is 9.99. The van der Waals surface area contributed by atoms with Gasteiger partial charge in [-0.15, -0.1) is 0 Å². The number of rotatable bonds is 6. The van der Waals surface area contributed by atoms with Gasteiger partial charge in [0, 0.05) is 49.4 Å². The van der Waals surface area contributed by atoms with E-state index in [-0.39, 0.29) is 17.9 Å². The standard InChI is InChI=1S/C24H29N3O4/c1-30-20-12-18(13-21(14-20)31-2)24(29)25-19-7-9-27(10-8-19)15-16-3-4-17-5-6-23(28)26-22(17)11-16/h3-4,11-14,19H,5-10,15H2,1-2H3,(H,25,29)(H,26,28).